The lowest BCUT2D eigenvalue weighted by Gasteiger charge is -2.38. The van der Waals surface area contributed by atoms with Crippen LogP contribution in [0.25, 0.3) is 0 Å². The minimum atomic E-state index is -4.47. The molecule has 2 unspecified atom stereocenters. The highest BCUT2D eigenvalue weighted by molar-refractivity contribution is 7.90. The molecule has 1 fully saturated rings. The summed E-state index contributed by atoms with van der Waals surface area (Å²) in [4.78, 5) is 14.4. The normalized spacial score (nSPS) is 21.1. The molecule has 9 heteroatoms. The average molecular weight is 397 g/mol. The second-order valence-corrected chi connectivity index (χ2v) is 8.25. The predicted octanol–water partition coefficient (Wildman–Crippen LogP) is 2.45. The standard InChI is InChI=1S/C16H22F2N2O3S.ClH/c1-11-6-7-20(14(8-11)9-19)15(21)13-4-2-12(3-5-13)10-24(22,23)16(17)18;/h2-5,11,14,16H,6-10,19H2,1H3;1H. The van der Waals surface area contributed by atoms with E-state index in [9.17, 15) is 22.0 Å². The van der Waals surface area contributed by atoms with Crippen LogP contribution in [0.3, 0.4) is 0 Å². The molecule has 0 radical (unpaired) electrons. The molecule has 0 saturated carbocycles. The number of hydrogen-bond donors (Lipinski definition) is 1. The van der Waals surface area contributed by atoms with Crippen molar-refractivity contribution in [1.29, 1.82) is 0 Å². The Hall–Kier alpha value is -1.25. The van der Waals surface area contributed by atoms with E-state index in [2.05, 4.69) is 6.92 Å². The summed E-state index contributed by atoms with van der Waals surface area (Å²) in [6, 6.07) is 5.74. The summed E-state index contributed by atoms with van der Waals surface area (Å²) in [6.45, 7) is 3.15. The molecule has 0 spiro atoms. The van der Waals surface area contributed by atoms with Crippen LogP contribution in [0.1, 0.15) is 35.7 Å². The average Bonchev–Trinajstić information content (AvgIpc) is 2.54. The topological polar surface area (TPSA) is 80.5 Å². The van der Waals surface area contributed by atoms with Crippen molar-refractivity contribution in [2.75, 3.05) is 13.1 Å². The highest BCUT2D eigenvalue weighted by Gasteiger charge is 2.29. The number of piperidine rings is 1. The molecule has 1 aromatic carbocycles. The summed E-state index contributed by atoms with van der Waals surface area (Å²) in [5, 5.41) is 0. The quantitative estimate of drug-likeness (QED) is 0.828. The van der Waals surface area contributed by atoms with Crippen LogP contribution in [0, 0.1) is 5.92 Å². The lowest BCUT2D eigenvalue weighted by Crippen LogP contribution is -2.49. The zero-order valence-electron chi connectivity index (χ0n) is 13.9. The number of nitrogens with zero attached hydrogens (tertiary/aromatic N) is 1. The number of hydrogen-bond acceptors (Lipinski definition) is 4. The first-order valence-electron chi connectivity index (χ1n) is 7.84. The monoisotopic (exact) mass is 396 g/mol. The van der Waals surface area contributed by atoms with Crippen LogP contribution in [-0.4, -0.2) is 44.1 Å². The van der Waals surface area contributed by atoms with Crippen LogP contribution in [0.15, 0.2) is 24.3 Å². The first-order valence-corrected chi connectivity index (χ1v) is 9.56. The molecule has 0 aliphatic carbocycles. The lowest BCUT2D eigenvalue weighted by molar-refractivity contribution is 0.0573. The third kappa shape index (κ3) is 5.36. The van der Waals surface area contributed by atoms with Crippen LogP contribution >= 0.6 is 12.4 Å². The molecular weight excluding hydrogens is 374 g/mol. The Balaban J connectivity index is 0.00000312. The number of rotatable bonds is 5. The van der Waals surface area contributed by atoms with Crippen molar-refractivity contribution in [2.24, 2.45) is 11.7 Å². The molecule has 2 atom stereocenters. The molecule has 0 aromatic heterocycles. The van der Waals surface area contributed by atoms with Crippen LogP contribution < -0.4 is 5.73 Å². The SMILES string of the molecule is CC1CCN(C(=O)c2ccc(CS(=O)(=O)C(F)F)cc2)C(CN)C1.Cl. The Morgan fingerprint density at radius 1 is 1.32 bits per heavy atom. The molecule has 1 aromatic rings. The molecule has 1 saturated heterocycles. The third-order valence-corrected chi connectivity index (χ3v) is 5.63. The van der Waals surface area contributed by atoms with Gasteiger partial charge in [-0.15, -0.1) is 12.4 Å². The van der Waals surface area contributed by atoms with Gasteiger partial charge in [-0.1, -0.05) is 19.1 Å². The van der Waals surface area contributed by atoms with Crippen molar-refractivity contribution in [3.05, 3.63) is 35.4 Å². The van der Waals surface area contributed by atoms with Gasteiger partial charge >= 0.3 is 5.76 Å². The molecule has 1 heterocycles. The molecule has 142 valence electrons. The third-order valence-electron chi connectivity index (χ3n) is 4.35. The van der Waals surface area contributed by atoms with Crippen LogP contribution in [0.2, 0.25) is 0 Å². The number of benzene rings is 1. The van der Waals surface area contributed by atoms with E-state index in [1.807, 2.05) is 0 Å². The fraction of sp³-hybridized carbons (Fsp3) is 0.562. The minimum Gasteiger partial charge on any atom is -0.334 e. The molecule has 1 aliphatic rings. The number of nitrogens with two attached hydrogens (primary N) is 1. The fourth-order valence-electron chi connectivity index (χ4n) is 2.95. The van der Waals surface area contributed by atoms with Gasteiger partial charge in [-0.25, -0.2) is 8.42 Å². The molecule has 25 heavy (non-hydrogen) atoms. The van der Waals surface area contributed by atoms with Gasteiger partial charge < -0.3 is 10.6 Å². The zero-order chi connectivity index (χ0) is 17.9. The van der Waals surface area contributed by atoms with E-state index in [1.165, 1.54) is 24.3 Å². The number of sulfone groups is 1. The van der Waals surface area contributed by atoms with Gasteiger partial charge in [0.25, 0.3) is 5.91 Å². The van der Waals surface area contributed by atoms with Gasteiger partial charge in [0.2, 0.25) is 9.84 Å². The molecule has 1 amide bonds. The Labute approximate surface area is 152 Å². The maximum Gasteiger partial charge on any atom is 0.337 e. The number of carbonyl (C=O) groups is 1. The number of likely N-dealkylation sites (tertiary alicyclic amines) is 1. The van der Waals surface area contributed by atoms with E-state index < -0.39 is 21.3 Å². The maximum absolute atomic E-state index is 12.6. The van der Waals surface area contributed by atoms with E-state index in [-0.39, 0.29) is 29.9 Å². The summed E-state index contributed by atoms with van der Waals surface area (Å²) in [6.07, 6.45) is 1.76. The maximum atomic E-state index is 12.6. The Kier molecular flexibility index (Phi) is 7.77. The molecule has 0 bridgehead atoms. The summed E-state index contributed by atoms with van der Waals surface area (Å²) in [5.74, 6) is -3.80. The Morgan fingerprint density at radius 3 is 2.44 bits per heavy atom. The number of alkyl halides is 2. The van der Waals surface area contributed by atoms with Gasteiger partial charge in [-0.3, -0.25) is 4.79 Å². The van der Waals surface area contributed by atoms with Crippen molar-refractivity contribution in [2.45, 2.75) is 37.3 Å². The van der Waals surface area contributed by atoms with Crippen molar-refractivity contribution in [3.8, 4) is 0 Å². The molecular formula is C16H23ClF2N2O3S. The second-order valence-electron chi connectivity index (χ2n) is 6.28. The molecule has 2 rings (SSSR count). The highest BCUT2D eigenvalue weighted by atomic mass is 35.5. The van der Waals surface area contributed by atoms with E-state index in [4.69, 9.17) is 5.73 Å². The molecule has 2 N–H and O–H groups in total. The minimum absolute atomic E-state index is 0. The summed E-state index contributed by atoms with van der Waals surface area (Å²) in [7, 11) is -4.47. The Morgan fingerprint density at radius 2 is 1.92 bits per heavy atom. The van der Waals surface area contributed by atoms with Crippen LogP contribution in [-0.2, 0) is 15.6 Å². The predicted molar refractivity (Wildman–Crippen MR) is 94.6 cm³/mol. The van der Waals surface area contributed by atoms with Crippen molar-refractivity contribution >= 4 is 28.2 Å². The van der Waals surface area contributed by atoms with Crippen LogP contribution in [0.4, 0.5) is 8.78 Å². The summed E-state index contributed by atoms with van der Waals surface area (Å²) < 4.78 is 47.3. The number of carbonyl (C=O) groups excluding carboxylic acids is 1. The summed E-state index contributed by atoms with van der Waals surface area (Å²) in [5.41, 5.74) is 6.40. The summed E-state index contributed by atoms with van der Waals surface area (Å²) >= 11 is 0. The van der Waals surface area contributed by atoms with Gasteiger partial charge in [0, 0.05) is 24.7 Å². The van der Waals surface area contributed by atoms with E-state index in [0.29, 0.717) is 24.6 Å². The van der Waals surface area contributed by atoms with Gasteiger partial charge in [0.05, 0.1) is 5.75 Å². The first kappa shape index (κ1) is 21.8. The van der Waals surface area contributed by atoms with E-state index in [1.54, 1.807) is 4.90 Å². The van der Waals surface area contributed by atoms with E-state index in [0.717, 1.165) is 12.8 Å². The second kappa shape index (κ2) is 8.91. The first-order chi connectivity index (χ1) is 11.2. The van der Waals surface area contributed by atoms with Crippen LogP contribution in [0.5, 0.6) is 0 Å². The smallest absolute Gasteiger partial charge is 0.334 e. The lowest BCUT2D eigenvalue weighted by atomic mass is 9.92. The largest absolute Gasteiger partial charge is 0.337 e. The van der Waals surface area contributed by atoms with Crippen molar-refractivity contribution in [3.63, 3.8) is 0 Å². The Bertz CT molecular complexity index is 683. The molecule has 1 aliphatic heterocycles. The zero-order valence-corrected chi connectivity index (χ0v) is 15.5. The fourth-order valence-corrected chi connectivity index (χ4v) is 3.73. The van der Waals surface area contributed by atoms with Crippen molar-refractivity contribution < 1.29 is 22.0 Å². The van der Waals surface area contributed by atoms with Gasteiger partial charge in [0.15, 0.2) is 0 Å². The van der Waals surface area contributed by atoms with E-state index >= 15 is 0 Å². The number of amides is 1. The molecule has 5 nitrogen and oxygen atoms in total. The van der Waals surface area contributed by atoms with Gasteiger partial charge in [-0.05, 0) is 36.5 Å². The number of halogens is 3. The highest BCUT2D eigenvalue weighted by Crippen LogP contribution is 2.24. The van der Waals surface area contributed by atoms with Gasteiger partial charge in [-0.2, -0.15) is 8.78 Å². The van der Waals surface area contributed by atoms with Gasteiger partial charge in [0.1, 0.15) is 0 Å². The van der Waals surface area contributed by atoms with Crippen molar-refractivity contribution in [1.82, 2.24) is 4.90 Å².